The lowest BCUT2D eigenvalue weighted by Crippen LogP contribution is -1.86. The summed E-state index contributed by atoms with van der Waals surface area (Å²) in [7, 11) is 0. The standard InChI is InChI=1S/C13H11Cl/c1-2-12-11(9-14)8-7-10-5-3-4-6-13(10)12/h2-8H,1,9H2. The van der Waals surface area contributed by atoms with Crippen LogP contribution in [0.15, 0.2) is 43.0 Å². The molecular weight excluding hydrogens is 192 g/mol. The van der Waals surface area contributed by atoms with Gasteiger partial charge in [-0.15, -0.1) is 11.6 Å². The van der Waals surface area contributed by atoms with Crippen LogP contribution in [0.3, 0.4) is 0 Å². The molecule has 0 unspecified atom stereocenters. The number of rotatable bonds is 2. The molecule has 0 aliphatic rings. The van der Waals surface area contributed by atoms with Crippen LogP contribution in [0.2, 0.25) is 0 Å². The average molecular weight is 203 g/mol. The molecule has 0 aliphatic carbocycles. The maximum absolute atomic E-state index is 5.86. The van der Waals surface area contributed by atoms with Crippen LogP contribution in [0.25, 0.3) is 16.8 Å². The highest BCUT2D eigenvalue weighted by atomic mass is 35.5. The largest absolute Gasteiger partial charge is 0.122 e. The maximum atomic E-state index is 5.86. The maximum Gasteiger partial charge on any atom is 0.0480 e. The van der Waals surface area contributed by atoms with Gasteiger partial charge in [0.05, 0.1) is 0 Å². The molecule has 0 saturated carbocycles. The summed E-state index contributed by atoms with van der Waals surface area (Å²) in [6.07, 6.45) is 1.88. The van der Waals surface area contributed by atoms with E-state index >= 15 is 0 Å². The van der Waals surface area contributed by atoms with Gasteiger partial charge in [0.2, 0.25) is 0 Å². The number of benzene rings is 2. The van der Waals surface area contributed by atoms with Crippen molar-refractivity contribution in [2.45, 2.75) is 5.88 Å². The third kappa shape index (κ3) is 1.42. The average Bonchev–Trinajstić information content (AvgIpc) is 2.27. The zero-order valence-electron chi connectivity index (χ0n) is 7.83. The zero-order chi connectivity index (χ0) is 9.97. The Hall–Kier alpha value is -1.27. The molecule has 0 N–H and O–H groups in total. The van der Waals surface area contributed by atoms with Gasteiger partial charge in [-0.3, -0.25) is 0 Å². The fourth-order valence-electron chi connectivity index (χ4n) is 1.70. The topological polar surface area (TPSA) is 0 Å². The van der Waals surface area contributed by atoms with Crippen LogP contribution >= 0.6 is 11.6 Å². The van der Waals surface area contributed by atoms with E-state index < -0.39 is 0 Å². The van der Waals surface area contributed by atoms with Crippen molar-refractivity contribution in [1.82, 2.24) is 0 Å². The molecule has 0 bridgehead atoms. The molecule has 2 aromatic rings. The Morgan fingerprint density at radius 2 is 1.93 bits per heavy atom. The molecule has 0 radical (unpaired) electrons. The van der Waals surface area contributed by atoms with E-state index in [0.29, 0.717) is 5.88 Å². The monoisotopic (exact) mass is 202 g/mol. The lowest BCUT2D eigenvalue weighted by Gasteiger charge is -2.06. The lowest BCUT2D eigenvalue weighted by atomic mass is 10.00. The van der Waals surface area contributed by atoms with Crippen molar-refractivity contribution in [2.24, 2.45) is 0 Å². The van der Waals surface area contributed by atoms with Gasteiger partial charge < -0.3 is 0 Å². The lowest BCUT2D eigenvalue weighted by molar-refractivity contribution is 1.41. The highest BCUT2D eigenvalue weighted by molar-refractivity contribution is 6.17. The van der Waals surface area contributed by atoms with E-state index in [-0.39, 0.29) is 0 Å². The van der Waals surface area contributed by atoms with E-state index in [1.54, 1.807) is 0 Å². The van der Waals surface area contributed by atoms with Crippen LogP contribution in [0.1, 0.15) is 11.1 Å². The van der Waals surface area contributed by atoms with Crippen LogP contribution in [-0.4, -0.2) is 0 Å². The minimum Gasteiger partial charge on any atom is -0.122 e. The van der Waals surface area contributed by atoms with E-state index in [2.05, 4.69) is 30.8 Å². The van der Waals surface area contributed by atoms with Gasteiger partial charge in [-0.2, -0.15) is 0 Å². The SMILES string of the molecule is C=Cc1c(CCl)ccc2ccccc12. The van der Waals surface area contributed by atoms with E-state index in [1.165, 1.54) is 10.8 Å². The molecule has 0 aromatic heterocycles. The van der Waals surface area contributed by atoms with Crippen molar-refractivity contribution in [1.29, 1.82) is 0 Å². The molecule has 0 saturated heterocycles. The molecule has 0 fully saturated rings. The first-order valence-electron chi connectivity index (χ1n) is 4.56. The fraction of sp³-hybridized carbons (Fsp3) is 0.0769. The number of fused-ring (bicyclic) bond motifs is 1. The predicted molar refractivity (Wildman–Crippen MR) is 63.6 cm³/mol. The number of hydrogen-bond donors (Lipinski definition) is 0. The van der Waals surface area contributed by atoms with Crippen LogP contribution < -0.4 is 0 Å². The van der Waals surface area contributed by atoms with Gasteiger partial charge in [0.15, 0.2) is 0 Å². The summed E-state index contributed by atoms with van der Waals surface area (Å²) in [5, 5.41) is 2.46. The molecular formula is C13H11Cl. The Morgan fingerprint density at radius 3 is 2.64 bits per heavy atom. The van der Waals surface area contributed by atoms with Crippen molar-refractivity contribution < 1.29 is 0 Å². The van der Waals surface area contributed by atoms with Crippen molar-refractivity contribution in [3.63, 3.8) is 0 Å². The van der Waals surface area contributed by atoms with Crippen molar-refractivity contribution in [3.05, 3.63) is 54.1 Å². The molecule has 0 aliphatic heterocycles. The molecule has 0 amide bonds. The molecule has 0 heterocycles. The van der Waals surface area contributed by atoms with Gasteiger partial charge >= 0.3 is 0 Å². The summed E-state index contributed by atoms with van der Waals surface area (Å²) in [4.78, 5) is 0. The van der Waals surface area contributed by atoms with E-state index in [0.717, 1.165) is 11.1 Å². The Balaban J connectivity index is 2.83. The number of alkyl halides is 1. The van der Waals surface area contributed by atoms with E-state index in [9.17, 15) is 0 Å². The molecule has 2 aromatic carbocycles. The first kappa shape index (κ1) is 9.29. The Bertz CT molecular complexity index is 472. The van der Waals surface area contributed by atoms with Gasteiger partial charge in [0, 0.05) is 5.88 Å². The summed E-state index contributed by atoms with van der Waals surface area (Å²) >= 11 is 5.86. The van der Waals surface area contributed by atoms with Gasteiger partial charge in [-0.05, 0) is 21.9 Å². The number of hydrogen-bond acceptors (Lipinski definition) is 0. The van der Waals surface area contributed by atoms with E-state index in [1.807, 2.05) is 18.2 Å². The Kier molecular flexibility index (Phi) is 2.55. The second-order valence-corrected chi connectivity index (χ2v) is 3.46. The summed E-state index contributed by atoms with van der Waals surface area (Å²) in [6.45, 7) is 3.83. The molecule has 14 heavy (non-hydrogen) atoms. The summed E-state index contributed by atoms with van der Waals surface area (Å²) in [5.74, 6) is 0.534. The van der Waals surface area contributed by atoms with Gasteiger partial charge in [-0.25, -0.2) is 0 Å². The zero-order valence-corrected chi connectivity index (χ0v) is 8.59. The normalized spacial score (nSPS) is 10.4. The minimum atomic E-state index is 0.534. The first-order chi connectivity index (χ1) is 6.86. The van der Waals surface area contributed by atoms with Gasteiger partial charge in [-0.1, -0.05) is 49.1 Å². The fourth-order valence-corrected chi connectivity index (χ4v) is 1.93. The van der Waals surface area contributed by atoms with Crippen LogP contribution in [-0.2, 0) is 5.88 Å². The minimum absolute atomic E-state index is 0.534. The Morgan fingerprint density at radius 1 is 1.14 bits per heavy atom. The van der Waals surface area contributed by atoms with Crippen molar-refractivity contribution >= 4 is 28.4 Å². The quantitative estimate of drug-likeness (QED) is 0.640. The van der Waals surface area contributed by atoms with Crippen LogP contribution in [0.4, 0.5) is 0 Å². The third-order valence-corrected chi connectivity index (χ3v) is 2.70. The highest BCUT2D eigenvalue weighted by Gasteiger charge is 2.02. The first-order valence-corrected chi connectivity index (χ1v) is 5.09. The van der Waals surface area contributed by atoms with Crippen molar-refractivity contribution in [3.8, 4) is 0 Å². The molecule has 0 atom stereocenters. The molecule has 1 heteroatoms. The molecule has 0 spiro atoms. The van der Waals surface area contributed by atoms with Gasteiger partial charge in [0.25, 0.3) is 0 Å². The second-order valence-electron chi connectivity index (χ2n) is 3.20. The number of halogens is 1. The smallest absolute Gasteiger partial charge is 0.0480 e. The molecule has 2 rings (SSSR count). The summed E-state index contributed by atoms with van der Waals surface area (Å²) in [6, 6.07) is 12.4. The van der Waals surface area contributed by atoms with Crippen molar-refractivity contribution in [2.75, 3.05) is 0 Å². The second kappa shape index (κ2) is 3.85. The Labute approximate surface area is 88.8 Å². The summed E-state index contributed by atoms with van der Waals surface area (Å²) in [5.41, 5.74) is 2.29. The third-order valence-electron chi connectivity index (χ3n) is 2.41. The van der Waals surface area contributed by atoms with E-state index in [4.69, 9.17) is 11.6 Å². The predicted octanol–water partition coefficient (Wildman–Crippen LogP) is 4.22. The van der Waals surface area contributed by atoms with Crippen LogP contribution in [0, 0.1) is 0 Å². The van der Waals surface area contributed by atoms with Gasteiger partial charge in [0.1, 0.15) is 0 Å². The molecule has 70 valence electrons. The highest BCUT2D eigenvalue weighted by Crippen LogP contribution is 2.24. The molecule has 0 nitrogen and oxygen atoms in total. The summed E-state index contributed by atoms with van der Waals surface area (Å²) < 4.78 is 0. The van der Waals surface area contributed by atoms with Crippen LogP contribution in [0.5, 0.6) is 0 Å².